The summed E-state index contributed by atoms with van der Waals surface area (Å²) in [6.45, 7) is 0. The lowest BCUT2D eigenvalue weighted by molar-refractivity contribution is 0.828. The number of nitrogens with zero attached hydrogens (tertiary/aromatic N) is 1. The number of halogens is 2. The number of nitrogens with two attached hydrogens (primary N) is 1. The highest BCUT2D eigenvalue weighted by atomic mass is 79.9. The molecule has 0 aliphatic rings. The lowest BCUT2D eigenvalue weighted by Crippen LogP contribution is -2.12. The van der Waals surface area contributed by atoms with Crippen LogP contribution in [-0.4, -0.2) is 4.98 Å². The predicted octanol–water partition coefficient (Wildman–Crippen LogP) is 3.31. The minimum absolute atomic E-state index is 0. The second-order valence-corrected chi connectivity index (χ2v) is 4.20. The van der Waals surface area contributed by atoms with E-state index in [0.29, 0.717) is 0 Å². The third-order valence-corrected chi connectivity index (χ3v) is 2.76. The number of pyridine rings is 1. The number of hydrogen-bond acceptors (Lipinski definition) is 2. The molecule has 0 bridgehead atoms. The lowest BCUT2D eigenvalue weighted by atomic mass is 10.0. The van der Waals surface area contributed by atoms with Crippen LogP contribution in [0.25, 0.3) is 0 Å². The Hall–Kier alpha value is -0.900. The monoisotopic (exact) mass is 298 g/mol. The van der Waals surface area contributed by atoms with E-state index >= 15 is 0 Å². The summed E-state index contributed by atoms with van der Waals surface area (Å²) in [6, 6.07) is 13.6. The first-order valence-corrected chi connectivity index (χ1v) is 5.48. The maximum atomic E-state index is 6.09. The Balaban J connectivity index is 0.00000128. The molecule has 1 aromatic carbocycles. The van der Waals surface area contributed by atoms with Crippen LogP contribution in [0.3, 0.4) is 0 Å². The van der Waals surface area contributed by atoms with E-state index in [9.17, 15) is 0 Å². The van der Waals surface area contributed by atoms with Crippen molar-refractivity contribution in [2.45, 2.75) is 6.04 Å². The van der Waals surface area contributed by atoms with Gasteiger partial charge in [0, 0.05) is 10.7 Å². The number of aromatic nitrogens is 1. The molecule has 84 valence electrons. The molecule has 1 aromatic heterocycles. The van der Waals surface area contributed by atoms with Gasteiger partial charge in [0.05, 0.1) is 11.7 Å². The highest BCUT2D eigenvalue weighted by Crippen LogP contribution is 2.19. The summed E-state index contributed by atoms with van der Waals surface area (Å²) in [6.07, 6.45) is 1.76. The molecule has 0 fully saturated rings. The highest BCUT2D eigenvalue weighted by Gasteiger charge is 2.08. The van der Waals surface area contributed by atoms with E-state index in [-0.39, 0.29) is 18.4 Å². The molecule has 2 aromatic rings. The molecule has 1 atom stereocenters. The summed E-state index contributed by atoms with van der Waals surface area (Å²) in [5.74, 6) is 0. The first-order valence-electron chi connectivity index (χ1n) is 4.69. The van der Waals surface area contributed by atoms with Gasteiger partial charge in [-0.3, -0.25) is 4.98 Å². The molecule has 0 aliphatic carbocycles. The maximum Gasteiger partial charge on any atom is 0.0726 e. The van der Waals surface area contributed by atoms with Crippen LogP contribution >= 0.6 is 28.3 Å². The van der Waals surface area contributed by atoms with Gasteiger partial charge in [-0.2, -0.15) is 0 Å². The van der Waals surface area contributed by atoms with Gasteiger partial charge >= 0.3 is 0 Å². The molecule has 16 heavy (non-hydrogen) atoms. The number of hydrogen-bond donors (Lipinski definition) is 1. The molecule has 1 heterocycles. The molecule has 4 heteroatoms. The molecule has 0 aliphatic heterocycles. The van der Waals surface area contributed by atoms with Crippen LogP contribution in [0.2, 0.25) is 0 Å². The Bertz CT molecular complexity index is 431. The minimum atomic E-state index is -0.153. The van der Waals surface area contributed by atoms with Crippen molar-refractivity contribution < 1.29 is 0 Å². The van der Waals surface area contributed by atoms with Crippen LogP contribution in [0.1, 0.15) is 17.3 Å². The van der Waals surface area contributed by atoms with Crippen LogP contribution in [0.15, 0.2) is 53.1 Å². The fraction of sp³-hybridized carbons (Fsp3) is 0.0833. The summed E-state index contributed by atoms with van der Waals surface area (Å²) in [4.78, 5) is 4.24. The van der Waals surface area contributed by atoms with Crippen molar-refractivity contribution in [3.63, 3.8) is 0 Å². The Labute approximate surface area is 109 Å². The van der Waals surface area contributed by atoms with Crippen molar-refractivity contribution in [1.29, 1.82) is 0 Å². The van der Waals surface area contributed by atoms with Gasteiger partial charge in [-0.15, -0.1) is 12.4 Å². The standard InChI is InChI=1S/C12H11BrN2.ClH/c13-10-6-4-9(5-7-10)12(14)11-3-1-2-8-15-11;/h1-8,12H,14H2;1H. The van der Waals surface area contributed by atoms with Gasteiger partial charge in [0.2, 0.25) is 0 Å². The first-order chi connectivity index (χ1) is 7.27. The average Bonchev–Trinajstić information content (AvgIpc) is 2.30. The molecule has 2 rings (SSSR count). The second-order valence-electron chi connectivity index (χ2n) is 3.28. The largest absolute Gasteiger partial charge is 0.319 e. The third-order valence-electron chi connectivity index (χ3n) is 2.24. The van der Waals surface area contributed by atoms with E-state index in [2.05, 4.69) is 20.9 Å². The van der Waals surface area contributed by atoms with E-state index in [1.165, 1.54) is 0 Å². The zero-order valence-corrected chi connectivity index (χ0v) is 10.9. The molecular formula is C12H12BrClN2. The van der Waals surface area contributed by atoms with Gasteiger partial charge in [-0.1, -0.05) is 34.1 Å². The zero-order valence-electron chi connectivity index (χ0n) is 8.51. The van der Waals surface area contributed by atoms with E-state index in [1.54, 1.807) is 6.20 Å². The average molecular weight is 300 g/mol. The number of rotatable bonds is 2. The van der Waals surface area contributed by atoms with E-state index < -0.39 is 0 Å². The van der Waals surface area contributed by atoms with Crippen molar-refractivity contribution in [3.05, 3.63) is 64.4 Å². The lowest BCUT2D eigenvalue weighted by Gasteiger charge is -2.10. The smallest absolute Gasteiger partial charge is 0.0726 e. The van der Waals surface area contributed by atoms with Crippen LogP contribution in [0.5, 0.6) is 0 Å². The van der Waals surface area contributed by atoms with Crippen LogP contribution < -0.4 is 5.73 Å². The first kappa shape index (κ1) is 13.2. The predicted molar refractivity (Wildman–Crippen MR) is 71.7 cm³/mol. The van der Waals surface area contributed by atoms with Gasteiger partial charge in [0.15, 0.2) is 0 Å². The molecule has 1 unspecified atom stereocenters. The minimum Gasteiger partial charge on any atom is -0.319 e. The van der Waals surface area contributed by atoms with Crippen molar-refractivity contribution in [3.8, 4) is 0 Å². The Morgan fingerprint density at radius 1 is 1.06 bits per heavy atom. The van der Waals surface area contributed by atoms with Crippen molar-refractivity contribution in [2.75, 3.05) is 0 Å². The summed E-state index contributed by atoms with van der Waals surface area (Å²) >= 11 is 3.39. The summed E-state index contributed by atoms with van der Waals surface area (Å²) in [7, 11) is 0. The van der Waals surface area contributed by atoms with Crippen LogP contribution in [-0.2, 0) is 0 Å². The normalized spacial score (nSPS) is 11.6. The Morgan fingerprint density at radius 2 is 1.75 bits per heavy atom. The third kappa shape index (κ3) is 3.04. The quantitative estimate of drug-likeness (QED) is 0.924. The zero-order chi connectivity index (χ0) is 10.7. The molecule has 0 amide bonds. The van der Waals surface area contributed by atoms with Gasteiger partial charge in [0.1, 0.15) is 0 Å². The van der Waals surface area contributed by atoms with Gasteiger partial charge in [0.25, 0.3) is 0 Å². The summed E-state index contributed by atoms with van der Waals surface area (Å²) in [5.41, 5.74) is 8.04. The molecule has 2 nitrogen and oxygen atoms in total. The highest BCUT2D eigenvalue weighted by molar-refractivity contribution is 9.10. The van der Waals surface area contributed by atoms with Gasteiger partial charge in [-0.25, -0.2) is 0 Å². The molecule has 0 radical (unpaired) electrons. The molecule has 0 saturated heterocycles. The topological polar surface area (TPSA) is 38.9 Å². The SMILES string of the molecule is Cl.NC(c1ccc(Br)cc1)c1ccccn1. The van der Waals surface area contributed by atoms with E-state index in [0.717, 1.165) is 15.7 Å². The fourth-order valence-corrected chi connectivity index (χ4v) is 1.67. The summed E-state index contributed by atoms with van der Waals surface area (Å²) in [5, 5.41) is 0. The second kappa shape index (κ2) is 5.99. The van der Waals surface area contributed by atoms with Crippen LogP contribution in [0, 0.1) is 0 Å². The van der Waals surface area contributed by atoms with Crippen molar-refractivity contribution >= 4 is 28.3 Å². The number of benzene rings is 1. The van der Waals surface area contributed by atoms with Crippen molar-refractivity contribution in [1.82, 2.24) is 4.98 Å². The van der Waals surface area contributed by atoms with Crippen LogP contribution in [0.4, 0.5) is 0 Å². The molecular weight excluding hydrogens is 288 g/mol. The Morgan fingerprint density at radius 3 is 2.31 bits per heavy atom. The molecule has 0 spiro atoms. The summed E-state index contributed by atoms with van der Waals surface area (Å²) < 4.78 is 1.06. The fourth-order valence-electron chi connectivity index (χ4n) is 1.40. The van der Waals surface area contributed by atoms with Gasteiger partial charge < -0.3 is 5.73 Å². The van der Waals surface area contributed by atoms with Crippen molar-refractivity contribution in [2.24, 2.45) is 5.73 Å². The van der Waals surface area contributed by atoms with E-state index in [1.807, 2.05) is 42.5 Å². The Kier molecular flexibility index (Phi) is 4.93. The van der Waals surface area contributed by atoms with E-state index in [4.69, 9.17) is 5.73 Å². The van der Waals surface area contributed by atoms with Gasteiger partial charge in [-0.05, 0) is 29.8 Å². The molecule has 0 saturated carbocycles. The molecule has 2 N–H and O–H groups in total. The maximum absolute atomic E-state index is 6.09.